The summed E-state index contributed by atoms with van der Waals surface area (Å²) in [5, 5.41) is 0. The van der Waals surface area contributed by atoms with Gasteiger partial charge in [0.2, 0.25) is 0 Å². The molecule has 1 heterocycles. The molecular weight excluding hydrogens is 217 g/mol. The summed E-state index contributed by atoms with van der Waals surface area (Å²) in [4.78, 5) is 1.92. The molecule has 0 aliphatic carbocycles. The number of hydrogen-bond donors (Lipinski definition) is 1. The van der Waals surface area contributed by atoms with Crippen LogP contribution in [0.4, 0.5) is 13.2 Å². The number of nitrogens with zero attached hydrogens (tertiary/aromatic N) is 1. The third-order valence-electron chi connectivity index (χ3n) is 3.33. The van der Waals surface area contributed by atoms with Crippen molar-refractivity contribution in [1.82, 2.24) is 4.90 Å². The molecule has 1 saturated heterocycles. The van der Waals surface area contributed by atoms with Gasteiger partial charge < -0.3 is 5.73 Å². The molecule has 16 heavy (non-hydrogen) atoms. The average molecular weight is 238 g/mol. The second-order valence-corrected chi connectivity index (χ2v) is 4.55. The highest BCUT2D eigenvalue weighted by atomic mass is 19.4. The van der Waals surface area contributed by atoms with Crippen LogP contribution in [0.1, 0.15) is 32.6 Å². The van der Waals surface area contributed by atoms with E-state index >= 15 is 0 Å². The lowest BCUT2D eigenvalue weighted by Gasteiger charge is -2.38. The molecule has 96 valence electrons. The minimum atomic E-state index is -4.05. The van der Waals surface area contributed by atoms with Crippen LogP contribution in [0, 0.1) is 5.92 Å². The normalized spacial score (nSPS) is 25.7. The first-order valence-corrected chi connectivity index (χ1v) is 5.99. The van der Waals surface area contributed by atoms with Crippen LogP contribution < -0.4 is 5.73 Å². The Hall–Kier alpha value is -0.290. The van der Waals surface area contributed by atoms with Crippen molar-refractivity contribution in [2.24, 2.45) is 11.7 Å². The second kappa shape index (κ2) is 5.87. The van der Waals surface area contributed by atoms with E-state index in [2.05, 4.69) is 0 Å². The van der Waals surface area contributed by atoms with E-state index in [0.717, 1.165) is 19.4 Å². The Kier molecular flexibility index (Phi) is 5.05. The van der Waals surface area contributed by atoms with E-state index in [1.807, 2.05) is 11.8 Å². The molecule has 0 radical (unpaired) electrons. The molecule has 0 spiro atoms. The molecule has 0 bridgehead atoms. The number of hydrogen-bond acceptors (Lipinski definition) is 2. The van der Waals surface area contributed by atoms with E-state index in [4.69, 9.17) is 5.73 Å². The van der Waals surface area contributed by atoms with Gasteiger partial charge in [-0.3, -0.25) is 4.90 Å². The van der Waals surface area contributed by atoms with Gasteiger partial charge >= 0.3 is 6.18 Å². The van der Waals surface area contributed by atoms with Gasteiger partial charge in [0, 0.05) is 19.1 Å². The molecule has 1 aliphatic heterocycles. The van der Waals surface area contributed by atoms with Crippen LogP contribution in [-0.4, -0.2) is 36.8 Å². The van der Waals surface area contributed by atoms with E-state index in [1.165, 1.54) is 0 Å². The molecule has 2 unspecified atom stereocenters. The molecule has 0 amide bonds. The first-order valence-electron chi connectivity index (χ1n) is 5.99. The van der Waals surface area contributed by atoms with Crippen molar-refractivity contribution < 1.29 is 13.2 Å². The molecule has 1 rings (SSSR count). The van der Waals surface area contributed by atoms with Crippen LogP contribution in [0.25, 0.3) is 0 Å². The first-order chi connectivity index (χ1) is 7.49. The lowest BCUT2D eigenvalue weighted by molar-refractivity contribution is -0.188. The molecular formula is C11H21F3N2. The fourth-order valence-electron chi connectivity index (χ4n) is 2.39. The number of rotatable bonds is 4. The number of piperidine rings is 1. The molecule has 0 aromatic carbocycles. The Morgan fingerprint density at radius 1 is 1.44 bits per heavy atom. The highest BCUT2D eigenvalue weighted by Gasteiger charge is 2.42. The van der Waals surface area contributed by atoms with Crippen LogP contribution in [0.15, 0.2) is 0 Å². The van der Waals surface area contributed by atoms with Crippen molar-refractivity contribution in [3.05, 3.63) is 0 Å². The summed E-state index contributed by atoms with van der Waals surface area (Å²) in [5.74, 6) is -1.16. The summed E-state index contributed by atoms with van der Waals surface area (Å²) in [5.41, 5.74) is 5.62. The third kappa shape index (κ3) is 3.63. The third-order valence-corrected chi connectivity index (χ3v) is 3.33. The predicted molar refractivity (Wildman–Crippen MR) is 58.1 cm³/mol. The van der Waals surface area contributed by atoms with Gasteiger partial charge in [0.15, 0.2) is 0 Å². The van der Waals surface area contributed by atoms with Gasteiger partial charge in [-0.05, 0) is 25.8 Å². The Bertz CT molecular complexity index is 206. The van der Waals surface area contributed by atoms with Crippen LogP contribution in [0.3, 0.4) is 0 Å². The summed E-state index contributed by atoms with van der Waals surface area (Å²) in [7, 11) is 0. The van der Waals surface area contributed by atoms with E-state index in [0.29, 0.717) is 13.0 Å². The molecule has 1 fully saturated rings. The van der Waals surface area contributed by atoms with Crippen molar-refractivity contribution in [2.75, 3.05) is 19.6 Å². The fraction of sp³-hybridized carbons (Fsp3) is 1.00. The number of alkyl halides is 3. The lowest BCUT2D eigenvalue weighted by Crippen LogP contribution is -2.49. The summed E-state index contributed by atoms with van der Waals surface area (Å²) >= 11 is 0. The summed E-state index contributed by atoms with van der Waals surface area (Å²) in [6, 6.07) is 0.121. The summed E-state index contributed by atoms with van der Waals surface area (Å²) in [6.07, 6.45) is -1.30. The summed E-state index contributed by atoms with van der Waals surface area (Å²) in [6.45, 7) is 3.38. The molecule has 2 nitrogen and oxygen atoms in total. The molecule has 0 saturated carbocycles. The van der Waals surface area contributed by atoms with Crippen molar-refractivity contribution in [3.8, 4) is 0 Å². The summed E-state index contributed by atoms with van der Waals surface area (Å²) < 4.78 is 37.8. The van der Waals surface area contributed by atoms with Gasteiger partial charge in [-0.25, -0.2) is 0 Å². The van der Waals surface area contributed by atoms with Crippen LogP contribution in [-0.2, 0) is 0 Å². The zero-order chi connectivity index (χ0) is 12.2. The van der Waals surface area contributed by atoms with Crippen molar-refractivity contribution >= 4 is 0 Å². The topological polar surface area (TPSA) is 29.3 Å². The molecule has 0 aromatic rings. The van der Waals surface area contributed by atoms with Crippen LogP contribution in [0.5, 0.6) is 0 Å². The maximum absolute atomic E-state index is 12.6. The standard InChI is InChI=1S/C11H21F3N2/c1-2-4-10(7-15)16-6-3-5-9(8-16)11(12,13)14/h9-10H,2-8,15H2,1H3. The molecule has 5 heteroatoms. The highest BCUT2D eigenvalue weighted by Crippen LogP contribution is 2.33. The molecule has 1 aliphatic rings. The molecule has 2 N–H and O–H groups in total. The minimum absolute atomic E-state index is 0.121. The van der Waals surface area contributed by atoms with Gasteiger partial charge in [0.25, 0.3) is 0 Å². The van der Waals surface area contributed by atoms with E-state index in [-0.39, 0.29) is 19.0 Å². The van der Waals surface area contributed by atoms with Gasteiger partial charge in [0.05, 0.1) is 5.92 Å². The predicted octanol–water partition coefficient (Wildman–Crippen LogP) is 2.39. The molecule has 2 atom stereocenters. The quantitative estimate of drug-likeness (QED) is 0.814. The molecule has 0 aromatic heterocycles. The lowest BCUT2D eigenvalue weighted by atomic mass is 9.95. The largest absolute Gasteiger partial charge is 0.393 e. The first kappa shape index (κ1) is 13.8. The highest BCUT2D eigenvalue weighted by molar-refractivity contribution is 4.82. The zero-order valence-electron chi connectivity index (χ0n) is 9.76. The Balaban J connectivity index is 2.55. The minimum Gasteiger partial charge on any atom is -0.329 e. The van der Waals surface area contributed by atoms with E-state index < -0.39 is 12.1 Å². The Labute approximate surface area is 95.0 Å². The van der Waals surface area contributed by atoms with Gasteiger partial charge in [-0.2, -0.15) is 13.2 Å². The second-order valence-electron chi connectivity index (χ2n) is 4.55. The van der Waals surface area contributed by atoms with Crippen molar-refractivity contribution in [1.29, 1.82) is 0 Å². The maximum Gasteiger partial charge on any atom is 0.393 e. The van der Waals surface area contributed by atoms with Crippen LogP contribution in [0.2, 0.25) is 0 Å². The number of likely N-dealkylation sites (tertiary alicyclic amines) is 1. The average Bonchev–Trinajstić information content (AvgIpc) is 2.25. The van der Waals surface area contributed by atoms with Gasteiger partial charge in [0.1, 0.15) is 0 Å². The van der Waals surface area contributed by atoms with Crippen LogP contribution >= 0.6 is 0 Å². The van der Waals surface area contributed by atoms with E-state index in [9.17, 15) is 13.2 Å². The Morgan fingerprint density at radius 2 is 2.12 bits per heavy atom. The maximum atomic E-state index is 12.6. The smallest absolute Gasteiger partial charge is 0.329 e. The van der Waals surface area contributed by atoms with Gasteiger partial charge in [-0.1, -0.05) is 13.3 Å². The monoisotopic (exact) mass is 238 g/mol. The number of nitrogens with two attached hydrogens (primary N) is 1. The fourth-order valence-corrected chi connectivity index (χ4v) is 2.39. The zero-order valence-corrected chi connectivity index (χ0v) is 9.76. The van der Waals surface area contributed by atoms with Crippen molar-refractivity contribution in [2.45, 2.75) is 44.8 Å². The van der Waals surface area contributed by atoms with E-state index in [1.54, 1.807) is 0 Å². The van der Waals surface area contributed by atoms with Gasteiger partial charge in [-0.15, -0.1) is 0 Å². The number of halogens is 3. The SMILES string of the molecule is CCCC(CN)N1CCCC(C(F)(F)F)C1. The van der Waals surface area contributed by atoms with Crippen molar-refractivity contribution in [3.63, 3.8) is 0 Å². The Morgan fingerprint density at radius 3 is 2.62 bits per heavy atom.